The number of rotatable bonds is 6. The van der Waals surface area contributed by atoms with E-state index in [0.29, 0.717) is 23.6 Å². The lowest BCUT2D eigenvalue weighted by molar-refractivity contribution is -0.124. The lowest BCUT2D eigenvalue weighted by Crippen LogP contribution is -2.47. The van der Waals surface area contributed by atoms with Gasteiger partial charge in [0.2, 0.25) is 5.91 Å². The third-order valence-electron chi connectivity index (χ3n) is 7.13. The maximum atomic E-state index is 12.9. The van der Waals surface area contributed by atoms with E-state index < -0.39 is 0 Å². The molecule has 29 heavy (non-hydrogen) atoms. The van der Waals surface area contributed by atoms with Crippen molar-refractivity contribution in [2.75, 3.05) is 5.32 Å². The van der Waals surface area contributed by atoms with E-state index in [1.807, 2.05) is 0 Å². The molecule has 4 aliphatic carbocycles. The summed E-state index contributed by atoms with van der Waals surface area (Å²) in [6.07, 6.45) is 11.3. The van der Waals surface area contributed by atoms with Crippen LogP contribution in [0.1, 0.15) is 61.2 Å². The molecule has 4 bridgehead atoms. The summed E-state index contributed by atoms with van der Waals surface area (Å²) in [5.41, 5.74) is 0.998. The van der Waals surface area contributed by atoms with E-state index in [0.717, 1.165) is 17.8 Å². The Morgan fingerprint density at radius 2 is 1.90 bits per heavy atom. The van der Waals surface area contributed by atoms with Gasteiger partial charge in [-0.2, -0.15) is 5.10 Å². The summed E-state index contributed by atoms with van der Waals surface area (Å²) in [5.74, 6) is 2.83. The van der Waals surface area contributed by atoms with Gasteiger partial charge in [-0.3, -0.25) is 14.3 Å². The van der Waals surface area contributed by atoms with Crippen LogP contribution in [0.4, 0.5) is 5.69 Å². The van der Waals surface area contributed by atoms with Crippen LogP contribution < -0.4 is 10.6 Å². The highest BCUT2D eigenvalue weighted by Gasteiger charge is 2.51. The average molecular weight is 396 g/mol. The Bertz CT molecular complexity index is 879. The smallest absolute Gasteiger partial charge is 0.272 e. The van der Waals surface area contributed by atoms with Crippen LogP contribution in [-0.4, -0.2) is 21.6 Å². The van der Waals surface area contributed by atoms with Crippen LogP contribution in [-0.2, 0) is 18.4 Å². The van der Waals surface area contributed by atoms with Gasteiger partial charge in [0, 0.05) is 13.5 Å². The summed E-state index contributed by atoms with van der Waals surface area (Å²) in [5, 5.41) is 9.98. The molecule has 2 amide bonds. The Hall–Kier alpha value is -2.57. The summed E-state index contributed by atoms with van der Waals surface area (Å²) in [7, 11) is 1.70. The van der Waals surface area contributed by atoms with Crippen molar-refractivity contribution in [1.82, 2.24) is 15.1 Å². The van der Waals surface area contributed by atoms with Crippen LogP contribution in [0.5, 0.6) is 0 Å². The number of aryl methyl sites for hydroxylation is 1. The zero-order valence-corrected chi connectivity index (χ0v) is 16.8. The van der Waals surface area contributed by atoms with E-state index in [1.165, 1.54) is 43.2 Å². The molecule has 0 aliphatic heterocycles. The first kappa shape index (κ1) is 18.5. The summed E-state index contributed by atoms with van der Waals surface area (Å²) in [4.78, 5) is 25.6. The minimum absolute atomic E-state index is 0.0000320. The Balaban J connectivity index is 1.25. The van der Waals surface area contributed by atoms with Crippen molar-refractivity contribution in [1.29, 1.82) is 0 Å². The van der Waals surface area contributed by atoms with Crippen molar-refractivity contribution in [3.05, 3.63) is 36.0 Å². The standard InChI is InChI=1S/C22H28N4O3/c1-26-20(21(28)23-12-17-3-2-4-29-17)18(13-24-26)25-19(27)11-22-8-14-5-15(9-22)7-16(6-14)10-22/h2-4,13-16H,5-12H2,1H3,(H,23,28)(H,25,27). The van der Waals surface area contributed by atoms with E-state index in [-0.39, 0.29) is 23.8 Å². The fourth-order valence-electron chi connectivity index (χ4n) is 6.50. The normalized spacial score (nSPS) is 29.8. The zero-order valence-electron chi connectivity index (χ0n) is 16.8. The molecule has 4 fully saturated rings. The third kappa shape index (κ3) is 3.58. The van der Waals surface area contributed by atoms with Gasteiger partial charge in [-0.05, 0) is 73.8 Å². The van der Waals surface area contributed by atoms with Crippen molar-refractivity contribution < 1.29 is 14.0 Å². The first-order valence-electron chi connectivity index (χ1n) is 10.6. The number of nitrogens with zero attached hydrogens (tertiary/aromatic N) is 2. The predicted octanol–water partition coefficient (Wildman–Crippen LogP) is 3.49. The van der Waals surface area contributed by atoms with E-state index >= 15 is 0 Å². The first-order chi connectivity index (χ1) is 14.0. The molecule has 0 unspecified atom stereocenters. The molecule has 2 aromatic heterocycles. The monoisotopic (exact) mass is 396 g/mol. The second kappa shape index (κ2) is 7.04. The summed E-state index contributed by atoms with van der Waals surface area (Å²) >= 11 is 0. The van der Waals surface area contributed by atoms with Crippen LogP contribution in [0.3, 0.4) is 0 Å². The third-order valence-corrected chi connectivity index (χ3v) is 7.13. The fraction of sp³-hybridized carbons (Fsp3) is 0.591. The van der Waals surface area contributed by atoms with E-state index in [4.69, 9.17) is 4.42 Å². The van der Waals surface area contributed by atoms with Crippen molar-refractivity contribution in [2.45, 2.75) is 51.5 Å². The Morgan fingerprint density at radius 1 is 1.21 bits per heavy atom. The van der Waals surface area contributed by atoms with Gasteiger partial charge in [-0.25, -0.2) is 0 Å². The molecule has 2 heterocycles. The molecular formula is C22H28N4O3. The second-order valence-electron chi connectivity index (χ2n) is 9.44. The van der Waals surface area contributed by atoms with Crippen molar-refractivity contribution in [2.24, 2.45) is 30.2 Å². The number of anilines is 1. The number of hydrogen-bond donors (Lipinski definition) is 2. The van der Waals surface area contributed by atoms with E-state index in [1.54, 1.807) is 31.6 Å². The molecule has 0 saturated heterocycles. The van der Waals surface area contributed by atoms with Gasteiger partial charge in [-0.1, -0.05) is 0 Å². The van der Waals surface area contributed by atoms with Gasteiger partial charge in [-0.15, -0.1) is 0 Å². The molecule has 7 heteroatoms. The van der Waals surface area contributed by atoms with E-state index in [9.17, 15) is 9.59 Å². The molecule has 0 aromatic carbocycles. The van der Waals surface area contributed by atoms with Gasteiger partial charge in [0.1, 0.15) is 11.5 Å². The molecule has 7 nitrogen and oxygen atoms in total. The van der Waals surface area contributed by atoms with Crippen molar-refractivity contribution >= 4 is 17.5 Å². The van der Waals surface area contributed by atoms with Crippen LogP contribution in [0, 0.1) is 23.2 Å². The number of carbonyl (C=O) groups excluding carboxylic acids is 2. The molecule has 2 aromatic rings. The largest absolute Gasteiger partial charge is 0.467 e. The van der Waals surface area contributed by atoms with Crippen LogP contribution in [0.25, 0.3) is 0 Å². The lowest BCUT2D eigenvalue weighted by Gasteiger charge is -2.56. The van der Waals surface area contributed by atoms with Gasteiger partial charge in [0.25, 0.3) is 5.91 Å². The van der Waals surface area contributed by atoms with Crippen molar-refractivity contribution in [3.8, 4) is 0 Å². The Kier molecular flexibility index (Phi) is 4.48. The highest BCUT2D eigenvalue weighted by molar-refractivity contribution is 6.02. The quantitative estimate of drug-likeness (QED) is 0.782. The number of furan rings is 1. The topological polar surface area (TPSA) is 89.2 Å². The number of hydrogen-bond acceptors (Lipinski definition) is 4. The Morgan fingerprint density at radius 3 is 2.52 bits per heavy atom. The fourth-order valence-corrected chi connectivity index (χ4v) is 6.50. The average Bonchev–Trinajstić information content (AvgIpc) is 3.28. The maximum Gasteiger partial charge on any atom is 0.272 e. The van der Waals surface area contributed by atoms with Gasteiger partial charge in [0.15, 0.2) is 0 Å². The van der Waals surface area contributed by atoms with Crippen LogP contribution in [0.2, 0.25) is 0 Å². The SMILES string of the molecule is Cn1ncc(NC(=O)CC23CC4CC(CC(C4)C2)C3)c1C(=O)NCc1ccco1. The molecular weight excluding hydrogens is 368 g/mol. The molecule has 0 spiro atoms. The first-order valence-corrected chi connectivity index (χ1v) is 10.6. The van der Waals surface area contributed by atoms with E-state index in [2.05, 4.69) is 15.7 Å². The predicted molar refractivity (Wildman–Crippen MR) is 107 cm³/mol. The molecule has 4 aliphatic rings. The Labute approximate surface area is 170 Å². The second-order valence-corrected chi connectivity index (χ2v) is 9.44. The molecule has 0 atom stereocenters. The molecule has 2 N–H and O–H groups in total. The van der Waals surface area contributed by atoms with Crippen molar-refractivity contribution in [3.63, 3.8) is 0 Å². The highest BCUT2D eigenvalue weighted by atomic mass is 16.3. The molecule has 154 valence electrons. The summed E-state index contributed by atoms with van der Waals surface area (Å²) in [6.45, 7) is 0.289. The molecule has 4 saturated carbocycles. The minimum atomic E-state index is -0.286. The molecule has 6 rings (SSSR count). The number of amides is 2. The van der Waals surface area contributed by atoms with Gasteiger partial charge < -0.3 is 15.1 Å². The van der Waals surface area contributed by atoms with Crippen LogP contribution in [0.15, 0.2) is 29.0 Å². The highest BCUT2D eigenvalue weighted by Crippen LogP contribution is 2.61. The maximum absolute atomic E-state index is 12.9. The molecule has 0 radical (unpaired) electrons. The zero-order chi connectivity index (χ0) is 20.0. The summed E-state index contributed by atoms with van der Waals surface area (Å²) < 4.78 is 6.75. The number of aromatic nitrogens is 2. The number of carbonyl (C=O) groups is 2. The minimum Gasteiger partial charge on any atom is -0.467 e. The van der Waals surface area contributed by atoms with Crippen LogP contribution >= 0.6 is 0 Å². The number of nitrogens with one attached hydrogen (secondary N) is 2. The lowest BCUT2D eigenvalue weighted by atomic mass is 9.49. The van der Waals surface area contributed by atoms with Gasteiger partial charge in [0.05, 0.1) is 24.7 Å². The summed E-state index contributed by atoms with van der Waals surface area (Å²) in [6, 6.07) is 3.58. The van der Waals surface area contributed by atoms with Gasteiger partial charge >= 0.3 is 0 Å².